The zero-order valence-electron chi connectivity index (χ0n) is 8.32. The zero-order valence-corrected chi connectivity index (χ0v) is 10.8. The number of nitrogens with one attached hydrogen (secondary N) is 2. The molecule has 0 amide bonds. The largest absolute Gasteiger partial charge is 0.321 e. The molecule has 8 nitrogen and oxygen atoms in total. The first-order valence-corrected chi connectivity index (χ1v) is 6.55. The van der Waals surface area contributed by atoms with Gasteiger partial charge >= 0.3 is 0 Å². The van der Waals surface area contributed by atoms with E-state index < -0.39 is 0 Å². The Morgan fingerprint density at radius 3 is 1.71 bits per heavy atom. The second-order valence-corrected chi connectivity index (χ2v) is 5.11. The average molecular weight is 288 g/mol. The van der Waals surface area contributed by atoms with Gasteiger partial charge in [-0.25, -0.2) is 11.1 Å². The van der Waals surface area contributed by atoms with Gasteiger partial charge in [0.25, 0.3) is 0 Å². The number of thioether (sulfide) groups is 2. The number of amidine groups is 2. The molecule has 0 unspecified atom stereocenters. The van der Waals surface area contributed by atoms with Crippen molar-refractivity contribution < 1.29 is 0 Å². The highest BCUT2D eigenvalue weighted by Crippen LogP contribution is 2.35. The van der Waals surface area contributed by atoms with Gasteiger partial charge in [0.1, 0.15) is 0 Å². The summed E-state index contributed by atoms with van der Waals surface area (Å²) in [5, 5.41) is 17.0. The van der Waals surface area contributed by atoms with Crippen LogP contribution >= 0.6 is 34.9 Å². The fourth-order valence-corrected chi connectivity index (χ4v) is 3.37. The molecule has 0 aliphatic heterocycles. The van der Waals surface area contributed by atoms with Gasteiger partial charge in [-0.05, 0) is 23.5 Å². The van der Waals surface area contributed by atoms with Crippen molar-refractivity contribution >= 4 is 45.2 Å². The predicted octanol–water partition coefficient (Wildman–Crippen LogP) is 2.45. The minimum atomic E-state index is 0.138. The Balaban J connectivity index is 2.86. The van der Waals surface area contributed by atoms with Crippen LogP contribution in [0.1, 0.15) is 0 Å². The molecule has 0 saturated carbocycles. The van der Waals surface area contributed by atoms with E-state index in [4.69, 9.17) is 22.7 Å². The topological polar surface area (TPSA) is 149 Å². The third-order valence-corrected chi connectivity index (χ3v) is 4.45. The van der Waals surface area contributed by atoms with Crippen LogP contribution in [-0.4, -0.2) is 10.3 Å². The van der Waals surface area contributed by atoms with Gasteiger partial charge in [-0.15, -0.1) is 21.6 Å². The first-order chi connectivity index (χ1) is 8.24. The highest BCUT2D eigenvalue weighted by Gasteiger charge is 2.11. The summed E-state index contributed by atoms with van der Waals surface area (Å²) in [7, 11) is 0. The lowest BCUT2D eigenvalue weighted by molar-refractivity contribution is 1.15. The second kappa shape index (κ2) is 6.98. The molecule has 1 rings (SSSR count). The van der Waals surface area contributed by atoms with Crippen LogP contribution in [0.3, 0.4) is 0 Å². The molecule has 0 aliphatic carbocycles. The normalized spacial score (nSPS) is 12.5. The molecule has 0 aliphatic rings. The summed E-state index contributed by atoms with van der Waals surface area (Å²) < 4.78 is 0. The van der Waals surface area contributed by atoms with E-state index in [-0.39, 0.29) is 10.3 Å². The predicted molar refractivity (Wildman–Crippen MR) is 69.6 cm³/mol. The molecule has 0 spiro atoms. The molecular weight excluding hydrogens is 280 g/mol. The molecule has 1 aromatic heterocycles. The fourth-order valence-electron chi connectivity index (χ4n) is 0.775. The summed E-state index contributed by atoms with van der Waals surface area (Å²) in [6, 6.07) is 0. The fraction of sp³-hybridized carbons (Fsp3) is 0. The number of hydrogen-bond donors (Lipinski definition) is 4. The van der Waals surface area contributed by atoms with Crippen LogP contribution in [0.4, 0.5) is 0 Å². The smallest absolute Gasteiger partial charge is 0.230 e. The van der Waals surface area contributed by atoms with E-state index in [1.807, 2.05) is 10.8 Å². The number of hydrogen-bond acceptors (Lipinski definition) is 9. The summed E-state index contributed by atoms with van der Waals surface area (Å²) in [6.07, 6.45) is 0. The molecule has 17 heavy (non-hydrogen) atoms. The highest BCUT2D eigenvalue weighted by atomic mass is 32.2. The van der Waals surface area contributed by atoms with Crippen LogP contribution in [-0.2, 0) is 0 Å². The van der Waals surface area contributed by atoms with Gasteiger partial charge < -0.3 is 11.7 Å². The molecule has 90 valence electrons. The Morgan fingerprint density at radius 2 is 1.41 bits per heavy atom. The van der Waals surface area contributed by atoms with Crippen molar-refractivity contribution in [2.24, 2.45) is 32.1 Å². The number of nitrogens with two attached hydrogens (primary N) is 2. The second-order valence-electron chi connectivity index (χ2n) is 2.35. The maximum Gasteiger partial charge on any atom is 0.230 e. The zero-order chi connectivity index (χ0) is 12.7. The van der Waals surface area contributed by atoms with Crippen LogP contribution in [0.2, 0.25) is 0 Å². The first kappa shape index (κ1) is 13.6. The van der Waals surface area contributed by atoms with Crippen molar-refractivity contribution in [1.29, 1.82) is 11.1 Å². The number of hydrazone groups is 2. The van der Waals surface area contributed by atoms with Gasteiger partial charge in [-0.3, -0.25) is 0 Å². The monoisotopic (exact) mass is 288 g/mol. The van der Waals surface area contributed by atoms with Gasteiger partial charge in [-0.1, -0.05) is 0 Å². The summed E-state index contributed by atoms with van der Waals surface area (Å²) in [4.78, 5) is 1.62. The van der Waals surface area contributed by atoms with Crippen molar-refractivity contribution in [2.45, 2.75) is 9.79 Å². The average Bonchev–Trinajstić information content (AvgIpc) is 2.80. The Bertz CT molecular complexity index is 423. The van der Waals surface area contributed by atoms with E-state index in [9.17, 15) is 0 Å². The standard InChI is InChI=1S/C6H8N8S3/c7-11-5(12-8)16-3-1-15-2-4(3)17-6(13-9)14-10/h1-2,7,9H,8,10H2. The Labute approximate surface area is 109 Å². The molecule has 6 N–H and O–H groups in total. The van der Waals surface area contributed by atoms with E-state index in [0.29, 0.717) is 0 Å². The molecule has 0 aromatic carbocycles. The van der Waals surface area contributed by atoms with E-state index in [1.165, 1.54) is 11.3 Å². The molecule has 11 heteroatoms. The van der Waals surface area contributed by atoms with E-state index in [1.54, 1.807) is 0 Å². The molecule has 1 heterocycles. The Kier molecular flexibility index (Phi) is 5.59. The molecule has 0 fully saturated rings. The van der Waals surface area contributed by atoms with Gasteiger partial charge in [0, 0.05) is 20.6 Å². The SMILES string of the molecule is N=NC(=NN)Sc1cscc1SC(N=N)=NN. The van der Waals surface area contributed by atoms with Crippen LogP contribution in [0, 0.1) is 11.1 Å². The summed E-state index contributed by atoms with van der Waals surface area (Å²) in [6.45, 7) is 0. The number of nitrogens with zero attached hydrogens (tertiary/aromatic N) is 4. The van der Waals surface area contributed by atoms with Gasteiger partial charge in [0.05, 0.1) is 0 Å². The number of thiophene rings is 1. The lowest BCUT2D eigenvalue weighted by Crippen LogP contribution is -1.93. The van der Waals surface area contributed by atoms with Crippen molar-refractivity contribution in [3.8, 4) is 0 Å². The van der Waals surface area contributed by atoms with Crippen LogP contribution in [0.25, 0.3) is 0 Å². The minimum Gasteiger partial charge on any atom is -0.321 e. The van der Waals surface area contributed by atoms with E-state index in [2.05, 4.69) is 20.4 Å². The van der Waals surface area contributed by atoms with Crippen molar-refractivity contribution in [3.63, 3.8) is 0 Å². The maximum atomic E-state index is 6.84. The van der Waals surface area contributed by atoms with Crippen molar-refractivity contribution in [3.05, 3.63) is 10.8 Å². The molecule has 0 saturated heterocycles. The highest BCUT2D eigenvalue weighted by molar-refractivity contribution is 8.16. The Morgan fingerprint density at radius 1 is 1.00 bits per heavy atom. The molecule has 0 bridgehead atoms. The van der Waals surface area contributed by atoms with Gasteiger partial charge in [0.2, 0.25) is 10.3 Å². The first-order valence-electron chi connectivity index (χ1n) is 3.97. The van der Waals surface area contributed by atoms with Crippen molar-refractivity contribution in [1.82, 2.24) is 0 Å². The third kappa shape index (κ3) is 3.80. The summed E-state index contributed by atoms with van der Waals surface area (Å²) in [5.41, 5.74) is 13.7. The summed E-state index contributed by atoms with van der Waals surface area (Å²) in [5.74, 6) is 10.1. The summed E-state index contributed by atoms with van der Waals surface area (Å²) >= 11 is 3.75. The molecular formula is C6H8N8S3. The minimum absolute atomic E-state index is 0.138. The van der Waals surface area contributed by atoms with Gasteiger partial charge in [0.15, 0.2) is 0 Å². The maximum absolute atomic E-state index is 6.84. The molecule has 0 radical (unpaired) electrons. The van der Waals surface area contributed by atoms with Crippen molar-refractivity contribution in [2.75, 3.05) is 0 Å². The van der Waals surface area contributed by atoms with Gasteiger partial charge in [-0.2, -0.15) is 10.2 Å². The lowest BCUT2D eigenvalue weighted by atomic mass is 10.7. The lowest BCUT2D eigenvalue weighted by Gasteiger charge is -2.00. The molecule has 1 aromatic rings. The quantitative estimate of drug-likeness (QED) is 0.165. The third-order valence-electron chi connectivity index (χ3n) is 1.41. The number of rotatable bonds is 2. The van der Waals surface area contributed by atoms with E-state index >= 15 is 0 Å². The van der Waals surface area contributed by atoms with Crippen LogP contribution < -0.4 is 11.7 Å². The van der Waals surface area contributed by atoms with E-state index in [0.717, 1.165) is 33.3 Å². The Hall–Kier alpha value is -1.46. The molecule has 0 atom stereocenters. The van der Waals surface area contributed by atoms with Crippen LogP contribution in [0.15, 0.2) is 41.0 Å². The van der Waals surface area contributed by atoms with Crippen LogP contribution in [0.5, 0.6) is 0 Å².